The molecule has 0 fully saturated rings. The number of nitrogens with zero attached hydrogens (tertiary/aromatic N) is 3. The number of thiophene rings is 1. The second-order valence-corrected chi connectivity index (χ2v) is 7.49. The zero-order chi connectivity index (χ0) is 19.4. The zero-order valence-corrected chi connectivity index (χ0v) is 17.1. The molecule has 0 unspecified atom stereocenters. The Morgan fingerprint density at radius 2 is 2.15 bits per heavy atom. The molecule has 2 aromatic heterocycles. The smallest absolute Gasteiger partial charge is 0.224 e. The van der Waals surface area contributed by atoms with E-state index in [4.69, 9.17) is 17.0 Å². The highest BCUT2D eigenvalue weighted by molar-refractivity contribution is 7.71. The van der Waals surface area contributed by atoms with Crippen molar-refractivity contribution in [1.29, 1.82) is 0 Å². The van der Waals surface area contributed by atoms with Crippen LogP contribution in [0.3, 0.4) is 0 Å². The third-order valence-electron chi connectivity index (χ3n) is 4.61. The van der Waals surface area contributed by atoms with Crippen LogP contribution >= 0.6 is 23.6 Å². The summed E-state index contributed by atoms with van der Waals surface area (Å²) < 4.78 is 7.82. The molecule has 0 aliphatic rings. The van der Waals surface area contributed by atoms with E-state index in [1.165, 1.54) is 0 Å². The maximum absolute atomic E-state index is 12.8. The largest absolute Gasteiger partial charge is 0.496 e. The van der Waals surface area contributed by atoms with E-state index in [2.05, 4.69) is 10.2 Å². The van der Waals surface area contributed by atoms with Crippen molar-refractivity contribution >= 4 is 29.5 Å². The van der Waals surface area contributed by atoms with E-state index in [1.54, 1.807) is 23.3 Å². The Bertz CT molecular complexity index is 962. The molecule has 1 atom stereocenters. The molecule has 3 aromatic rings. The number of H-pyrrole nitrogens is 1. The summed E-state index contributed by atoms with van der Waals surface area (Å²) in [6.45, 7) is 2.47. The van der Waals surface area contributed by atoms with Crippen LogP contribution in [-0.4, -0.2) is 39.7 Å². The van der Waals surface area contributed by atoms with Crippen molar-refractivity contribution in [2.45, 2.75) is 25.9 Å². The first-order valence-corrected chi connectivity index (χ1v) is 9.89. The second-order valence-electron chi connectivity index (χ2n) is 6.15. The average Bonchev–Trinajstić information content (AvgIpc) is 3.34. The van der Waals surface area contributed by atoms with Gasteiger partial charge in [0.15, 0.2) is 10.6 Å². The molecule has 2 heterocycles. The number of hydrogen-bond donors (Lipinski definition) is 1. The van der Waals surface area contributed by atoms with Gasteiger partial charge in [-0.3, -0.25) is 14.5 Å². The highest BCUT2D eigenvalue weighted by Gasteiger charge is 2.21. The fourth-order valence-corrected chi connectivity index (χ4v) is 3.88. The minimum absolute atomic E-state index is 0.0358. The number of rotatable bonds is 7. The summed E-state index contributed by atoms with van der Waals surface area (Å²) in [7, 11) is 3.45. The molecule has 0 bridgehead atoms. The molecule has 1 aromatic carbocycles. The van der Waals surface area contributed by atoms with Crippen molar-refractivity contribution in [1.82, 2.24) is 19.7 Å². The number of carbonyl (C=O) groups is 1. The van der Waals surface area contributed by atoms with Gasteiger partial charge in [-0.25, -0.2) is 0 Å². The van der Waals surface area contributed by atoms with Crippen LogP contribution in [0.1, 0.15) is 24.9 Å². The van der Waals surface area contributed by atoms with E-state index in [0.29, 0.717) is 17.7 Å². The van der Waals surface area contributed by atoms with E-state index in [-0.39, 0.29) is 11.9 Å². The maximum Gasteiger partial charge on any atom is 0.224 e. The van der Waals surface area contributed by atoms with Crippen LogP contribution in [0.2, 0.25) is 0 Å². The highest BCUT2D eigenvalue weighted by Crippen LogP contribution is 2.28. The van der Waals surface area contributed by atoms with Gasteiger partial charge in [0, 0.05) is 25.6 Å². The van der Waals surface area contributed by atoms with Gasteiger partial charge in [0.1, 0.15) is 5.75 Å². The number of aromatic nitrogens is 3. The number of carbonyl (C=O) groups excluding carboxylic acids is 1. The summed E-state index contributed by atoms with van der Waals surface area (Å²) in [5, 5.41) is 9.12. The number of benzene rings is 1. The summed E-state index contributed by atoms with van der Waals surface area (Å²) in [4.78, 5) is 15.5. The van der Waals surface area contributed by atoms with E-state index in [1.807, 2.05) is 60.3 Å². The summed E-state index contributed by atoms with van der Waals surface area (Å²) in [5.74, 6) is 1.58. The molecule has 27 heavy (non-hydrogen) atoms. The topological polar surface area (TPSA) is 63.1 Å². The predicted octanol–water partition coefficient (Wildman–Crippen LogP) is 4.29. The Morgan fingerprint density at radius 3 is 2.85 bits per heavy atom. The third-order valence-corrected chi connectivity index (χ3v) is 5.79. The van der Waals surface area contributed by atoms with E-state index in [0.717, 1.165) is 22.0 Å². The number of para-hydroxylation sites is 1. The predicted molar refractivity (Wildman–Crippen MR) is 110 cm³/mol. The fraction of sp³-hybridized carbons (Fsp3) is 0.316. The molecular formula is C19H22N4O2S2. The van der Waals surface area contributed by atoms with Crippen molar-refractivity contribution in [2.24, 2.45) is 0 Å². The standard InChI is InChI=1S/C19H22N4O2S2/c1-13(14-7-4-5-8-15(14)25-3)22(2)17(24)10-11-23-18(20-21-19(23)26)16-9-6-12-27-16/h4-9,12-13H,10-11H2,1-3H3,(H,21,26)/t13-/m1/s1. The lowest BCUT2D eigenvalue weighted by Gasteiger charge is -2.26. The fourth-order valence-electron chi connectivity index (χ4n) is 2.94. The second kappa shape index (κ2) is 8.49. The average molecular weight is 403 g/mol. The first-order valence-electron chi connectivity index (χ1n) is 8.60. The molecule has 0 spiro atoms. The van der Waals surface area contributed by atoms with Crippen LogP contribution in [0.15, 0.2) is 41.8 Å². The van der Waals surface area contributed by atoms with Gasteiger partial charge >= 0.3 is 0 Å². The molecule has 0 aliphatic carbocycles. The van der Waals surface area contributed by atoms with Gasteiger partial charge in [0.25, 0.3) is 0 Å². The quantitative estimate of drug-likeness (QED) is 0.599. The van der Waals surface area contributed by atoms with Crippen LogP contribution in [0.4, 0.5) is 0 Å². The molecule has 0 aliphatic heterocycles. The molecule has 0 saturated heterocycles. The zero-order valence-electron chi connectivity index (χ0n) is 15.5. The molecule has 0 saturated carbocycles. The van der Waals surface area contributed by atoms with Crippen LogP contribution in [-0.2, 0) is 11.3 Å². The van der Waals surface area contributed by atoms with Gasteiger partial charge in [-0.1, -0.05) is 24.3 Å². The van der Waals surface area contributed by atoms with Crippen LogP contribution in [0, 0.1) is 4.77 Å². The third kappa shape index (κ3) is 4.12. The van der Waals surface area contributed by atoms with Crippen LogP contribution in [0.5, 0.6) is 5.75 Å². The lowest BCUT2D eigenvalue weighted by Crippen LogP contribution is -2.30. The molecule has 3 rings (SSSR count). The van der Waals surface area contributed by atoms with Crippen molar-refractivity contribution < 1.29 is 9.53 Å². The summed E-state index contributed by atoms with van der Waals surface area (Å²) >= 11 is 6.93. The number of amides is 1. The number of aromatic amines is 1. The normalized spacial score (nSPS) is 12.0. The molecule has 1 N–H and O–H groups in total. The summed E-state index contributed by atoms with van der Waals surface area (Å²) in [6.07, 6.45) is 0.336. The minimum Gasteiger partial charge on any atom is -0.496 e. The van der Waals surface area contributed by atoms with Gasteiger partial charge in [-0.15, -0.1) is 11.3 Å². The lowest BCUT2D eigenvalue weighted by molar-refractivity contribution is -0.132. The first kappa shape index (κ1) is 19.3. The molecule has 0 radical (unpaired) electrons. The molecule has 1 amide bonds. The van der Waals surface area contributed by atoms with Gasteiger partial charge < -0.3 is 9.64 Å². The molecule has 142 valence electrons. The van der Waals surface area contributed by atoms with Gasteiger partial charge in [0.2, 0.25) is 5.91 Å². The monoisotopic (exact) mass is 402 g/mol. The Balaban J connectivity index is 1.71. The Labute approximate surface area is 167 Å². The SMILES string of the molecule is COc1ccccc1[C@@H](C)N(C)C(=O)CCn1c(-c2cccs2)n[nH]c1=S. The maximum atomic E-state index is 12.8. The van der Waals surface area contributed by atoms with Gasteiger partial charge in [-0.05, 0) is 36.7 Å². The Kier molecular flexibility index (Phi) is 6.08. The van der Waals surface area contributed by atoms with E-state index >= 15 is 0 Å². The number of hydrogen-bond acceptors (Lipinski definition) is 5. The number of methoxy groups -OCH3 is 1. The summed E-state index contributed by atoms with van der Waals surface area (Å²) in [6, 6.07) is 11.6. The molecular weight excluding hydrogens is 380 g/mol. The Morgan fingerprint density at radius 1 is 1.37 bits per heavy atom. The Hall–Kier alpha value is -2.45. The van der Waals surface area contributed by atoms with Crippen molar-refractivity contribution in [3.63, 3.8) is 0 Å². The van der Waals surface area contributed by atoms with Gasteiger partial charge in [-0.2, -0.15) is 5.10 Å². The van der Waals surface area contributed by atoms with Crippen molar-refractivity contribution in [2.75, 3.05) is 14.2 Å². The van der Waals surface area contributed by atoms with Gasteiger partial charge in [0.05, 0.1) is 18.0 Å². The van der Waals surface area contributed by atoms with Crippen LogP contribution < -0.4 is 4.74 Å². The molecule has 6 nitrogen and oxygen atoms in total. The number of ether oxygens (including phenoxy) is 1. The van der Waals surface area contributed by atoms with E-state index < -0.39 is 0 Å². The van der Waals surface area contributed by atoms with E-state index in [9.17, 15) is 4.79 Å². The summed E-state index contributed by atoms with van der Waals surface area (Å²) in [5.41, 5.74) is 0.982. The number of nitrogens with one attached hydrogen (secondary N) is 1. The highest BCUT2D eigenvalue weighted by atomic mass is 32.1. The van der Waals surface area contributed by atoms with Crippen molar-refractivity contribution in [3.05, 3.63) is 52.1 Å². The van der Waals surface area contributed by atoms with Crippen molar-refractivity contribution in [3.8, 4) is 16.5 Å². The van der Waals surface area contributed by atoms with Crippen LogP contribution in [0.25, 0.3) is 10.7 Å². The lowest BCUT2D eigenvalue weighted by atomic mass is 10.1. The minimum atomic E-state index is -0.0947. The first-order chi connectivity index (χ1) is 13.0. The molecule has 8 heteroatoms.